The van der Waals surface area contributed by atoms with Gasteiger partial charge in [0.15, 0.2) is 0 Å². The summed E-state index contributed by atoms with van der Waals surface area (Å²) in [7, 11) is 0. The van der Waals surface area contributed by atoms with Crippen LogP contribution in [-0.2, 0) is 0 Å². The first-order valence-electron chi connectivity index (χ1n) is 3.90. The lowest BCUT2D eigenvalue weighted by atomic mass is 10.2. The molecule has 0 heterocycles. The first-order chi connectivity index (χ1) is 6.24. The molecule has 0 radical (unpaired) electrons. The minimum absolute atomic E-state index is 0.0439. The van der Waals surface area contributed by atoms with Gasteiger partial charge in [-0.05, 0) is 17.7 Å². The average Bonchev–Trinajstić information content (AvgIpc) is 2.15. The molecule has 4 nitrogen and oxygen atoms in total. The first kappa shape index (κ1) is 9.54. The molecule has 0 amide bonds. The van der Waals surface area contributed by atoms with Crippen LogP contribution in [0.25, 0.3) is 0 Å². The molecule has 70 valence electrons. The minimum Gasteiger partial charge on any atom is -0.545 e. The molecule has 0 fully saturated rings. The van der Waals surface area contributed by atoms with Crippen molar-refractivity contribution in [3.63, 3.8) is 0 Å². The van der Waals surface area contributed by atoms with Crippen LogP contribution in [0.2, 0.25) is 0 Å². The maximum Gasteiger partial charge on any atom is 0.0715 e. The van der Waals surface area contributed by atoms with Gasteiger partial charge in [0.1, 0.15) is 0 Å². The third-order valence-electron chi connectivity index (χ3n) is 1.56. The van der Waals surface area contributed by atoms with Crippen molar-refractivity contribution >= 4 is 11.7 Å². The molecule has 1 rings (SSSR count). The smallest absolute Gasteiger partial charge is 0.0715 e. The second-order valence-electron chi connectivity index (χ2n) is 2.52. The zero-order valence-corrected chi connectivity index (χ0v) is 6.99. The van der Waals surface area contributed by atoms with Crippen molar-refractivity contribution < 1.29 is 15.0 Å². The molecule has 1 aromatic carbocycles. The Bertz CT molecular complexity index is 281. The lowest BCUT2D eigenvalue weighted by Gasteiger charge is -2.06. The van der Waals surface area contributed by atoms with E-state index in [-0.39, 0.29) is 12.2 Å². The standard InChI is InChI=1S/C9H11NO3/c11-6-5-10-8-3-1-7(2-4-8)9(12)13/h1-4,10-11H,5-6H2,(H,12,13)/p-1. The minimum atomic E-state index is -1.19. The molecular formula is C9H10NO3-. The summed E-state index contributed by atoms with van der Waals surface area (Å²) in [5, 5.41) is 21.8. The Hall–Kier alpha value is -1.55. The highest BCUT2D eigenvalue weighted by Crippen LogP contribution is 2.07. The molecule has 0 aliphatic heterocycles. The van der Waals surface area contributed by atoms with Gasteiger partial charge in [0.05, 0.1) is 12.6 Å². The van der Waals surface area contributed by atoms with E-state index in [1.165, 1.54) is 12.1 Å². The number of carbonyl (C=O) groups is 1. The number of hydrogen-bond donors (Lipinski definition) is 2. The summed E-state index contributed by atoms with van der Waals surface area (Å²) in [6.07, 6.45) is 0. The van der Waals surface area contributed by atoms with Gasteiger partial charge in [-0.3, -0.25) is 0 Å². The molecule has 0 spiro atoms. The molecule has 0 aliphatic rings. The van der Waals surface area contributed by atoms with Crippen LogP contribution in [-0.4, -0.2) is 24.2 Å². The van der Waals surface area contributed by atoms with Gasteiger partial charge in [0.25, 0.3) is 0 Å². The molecule has 4 heteroatoms. The largest absolute Gasteiger partial charge is 0.545 e. The number of hydrogen-bond acceptors (Lipinski definition) is 4. The predicted molar refractivity (Wildman–Crippen MR) is 46.3 cm³/mol. The van der Waals surface area contributed by atoms with E-state index < -0.39 is 5.97 Å². The Morgan fingerprint density at radius 3 is 2.46 bits per heavy atom. The molecule has 2 N–H and O–H groups in total. The van der Waals surface area contributed by atoms with E-state index in [0.717, 1.165) is 5.69 Å². The van der Waals surface area contributed by atoms with Crippen LogP contribution in [0.4, 0.5) is 5.69 Å². The van der Waals surface area contributed by atoms with Crippen LogP contribution in [0.5, 0.6) is 0 Å². The lowest BCUT2D eigenvalue weighted by Crippen LogP contribution is -2.22. The van der Waals surface area contributed by atoms with Crippen molar-refractivity contribution in [1.82, 2.24) is 0 Å². The summed E-state index contributed by atoms with van der Waals surface area (Å²) < 4.78 is 0. The second-order valence-corrected chi connectivity index (χ2v) is 2.52. The first-order valence-corrected chi connectivity index (χ1v) is 3.90. The Morgan fingerprint density at radius 1 is 1.38 bits per heavy atom. The zero-order chi connectivity index (χ0) is 9.68. The van der Waals surface area contributed by atoms with E-state index in [0.29, 0.717) is 6.54 Å². The highest BCUT2D eigenvalue weighted by molar-refractivity contribution is 5.86. The van der Waals surface area contributed by atoms with E-state index in [1.54, 1.807) is 12.1 Å². The molecule has 13 heavy (non-hydrogen) atoms. The van der Waals surface area contributed by atoms with E-state index >= 15 is 0 Å². The quantitative estimate of drug-likeness (QED) is 0.652. The summed E-state index contributed by atoms with van der Waals surface area (Å²) >= 11 is 0. The Morgan fingerprint density at radius 2 is 2.00 bits per heavy atom. The van der Waals surface area contributed by atoms with E-state index in [2.05, 4.69) is 5.32 Å². The number of anilines is 1. The van der Waals surface area contributed by atoms with Crippen LogP contribution in [0.1, 0.15) is 10.4 Å². The fraction of sp³-hybridized carbons (Fsp3) is 0.222. The topological polar surface area (TPSA) is 72.4 Å². The van der Waals surface area contributed by atoms with Crippen molar-refractivity contribution in [2.45, 2.75) is 0 Å². The molecule has 0 saturated heterocycles. The van der Waals surface area contributed by atoms with Gasteiger partial charge in [0, 0.05) is 12.2 Å². The third-order valence-corrected chi connectivity index (χ3v) is 1.56. The Balaban J connectivity index is 2.64. The number of aliphatic hydroxyl groups excluding tert-OH is 1. The monoisotopic (exact) mass is 180 g/mol. The fourth-order valence-electron chi connectivity index (χ4n) is 0.924. The number of rotatable bonds is 4. The van der Waals surface area contributed by atoms with E-state index in [1.807, 2.05) is 0 Å². The molecule has 0 aromatic heterocycles. The van der Waals surface area contributed by atoms with E-state index in [9.17, 15) is 9.90 Å². The van der Waals surface area contributed by atoms with Gasteiger partial charge in [0.2, 0.25) is 0 Å². The maximum absolute atomic E-state index is 10.4. The van der Waals surface area contributed by atoms with Gasteiger partial charge in [-0.2, -0.15) is 0 Å². The number of carboxylic acids is 1. The van der Waals surface area contributed by atoms with E-state index in [4.69, 9.17) is 5.11 Å². The van der Waals surface area contributed by atoms with Crippen molar-refractivity contribution in [2.24, 2.45) is 0 Å². The number of carboxylic acid groups (broad SMARTS) is 1. The van der Waals surface area contributed by atoms with Crippen LogP contribution < -0.4 is 10.4 Å². The molecule has 0 saturated carbocycles. The Labute approximate surface area is 75.8 Å². The van der Waals surface area contributed by atoms with Crippen molar-refractivity contribution in [3.05, 3.63) is 29.8 Å². The molecule has 0 atom stereocenters. The second kappa shape index (κ2) is 4.47. The number of benzene rings is 1. The molecule has 0 aliphatic carbocycles. The zero-order valence-electron chi connectivity index (χ0n) is 6.99. The summed E-state index contributed by atoms with van der Waals surface area (Å²) in [5.74, 6) is -1.19. The average molecular weight is 180 g/mol. The van der Waals surface area contributed by atoms with Gasteiger partial charge >= 0.3 is 0 Å². The summed E-state index contributed by atoms with van der Waals surface area (Å²) in [6, 6.07) is 6.16. The maximum atomic E-state index is 10.4. The summed E-state index contributed by atoms with van der Waals surface area (Å²) in [4.78, 5) is 10.4. The number of nitrogens with one attached hydrogen (secondary N) is 1. The van der Waals surface area contributed by atoms with Gasteiger partial charge < -0.3 is 20.3 Å². The molecule has 1 aromatic rings. The number of aliphatic hydroxyl groups is 1. The predicted octanol–water partition coefficient (Wildman–Crippen LogP) is -0.546. The van der Waals surface area contributed by atoms with Crippen LogP contribution in [0, 0.1) is 0 Å². The number of carbonyl (C=O) groups excluding carboxylic acids is 1. The van der Waals surface area contributed by atoms with Crippen LogP contribution >= 0.6 is 0 Å². The molecular weight excluding hydrogens is 170 g/mol. The Kier molecular flexibility index (Phi) is 3.28. The molecule has 0 unspecified atom stereocenters. The van der Waals surface area contributed by atoms with Crippen molar-refractivity contribution in [1.29, 1.82) is 0 Å². The van der Waals surface area contributed by atoms with Gasteiger partial charge in [-0.1, -0.05) is 12.1 Å². The third kappa shape index (κ3) is 2.76. The van der Waals surface area contributed by atoms with Gasteiger partial charge in [-0.25, -0.2) is 0 Å². The summed E-state index contributed by atoms with van der Waals surface area (Å²) in [5.41, 5.74) is 0.925. The van der Waals surface area contributed by atoms with Crippen LogP contribution in [0.3, 0.4) is 0 Å². The highest BCUT2D eigenvalue weighted by atomic mass is 16.4. The normalized spacial score (nSPS) is 9.62. The highest BCUT2D eigenvalue weighted by Gasteiger charge is 1.93. The number of aromatic carboxylic acids is 1. The van der Waals surface area contributed by atoms with Crippen LogP contribution in [0.15, 0.2) is 24.3 Å². The SMILES string of the molecule is O=C([O-])c1ccc(NCCO)cc1. The van der Waals surface area contributed by atoms with Crippen molar-refractivity contribution in [2.75, 3.05) is 18.5 Å². The van der Waals surface area contributed by atoms with Crippen molar-refractivity contribution in [3.8, 4) is 0 Å². The lowest BCUT2D eigenvalue weighted by molar-refractivity contribution is -0.255. The molecule has 0 bridgehead atoms. The van der Waals surface area contributed by atoms with Gasteiger partial charge in [-0.15, -0.1) is 0 Å². The fourth-order valence-corrected chi connectivity index (χ4v) is 0.924. The summed E-state index contributed by atoms with van der Waals surface area (Å²) in [6.45, 7) is 0.493.